The lowest BCUT2D eigenvalue weighted by atomic mass is 10.1. The topological polar surface area (TPSA) is 89.3 Å². The van der Waals surface area contributed by atoms with Gasteiger partial charge in [0.1, 0.15) is 5.82 Å². The molecule has 0 aromatic heterocycles. The van der Waals surface area contributed by atoms with Crippen molar-refractivity contribution in [3.8, 4) is 0 Å². The Labute approximate surface area is 74.0 Å². The van der Waals surface area contributed by atoms with Gasteiger partial charge in [0.15, 0.2) is 0 Å². The summed E-state index contributed by atoms with van der Waals surface area (Å²) in [6, 6.07) is 2.42. The molecule has 0 aliphatic heterocycles. The van der Waals surface area contributed by atoms with Gasteiger partial charge < -0.3 is 16.6 Å². The number of nitrogens with two attached hydrogens (primary N) is 2. The van der Waals surface area contributed by atoms with E-state index >= 15 is 0 Å². The molecule has 1 rings (SSSR count). The van der Waals surface area contributed by atoms with E-state index in [-0.39, 0.29) is 17.8 Å². The van der Waals surface area contributed by atoms with E-state index in [1.807, 2.05) is 0 Å². The number of halogens is 1. The van der Waals surface area contributed by atoms with E-state index in [1.54, 1.807) is 0 Å². The second-order valence-corrected chi connectivity index (χ2v) is 2.65. The van der Waals surface area contributed by atoms with E-state index in [1.165, 1.54) is 6.07 Å². The van der Waals surface area contributed by atoms with E-state index < -0.39 is 11.8 Å². The smallest absolute Gasteiger partial charge is 0.307 e. The standard InChI is InChI=1S/C8H9FN2O2/c9-5-1-4(3-7(12)13)2-6(10)8(5)11/h1-2H,3,10-11H2,(H,12,13). The summed E-state index contributed by atoms with van der Waals surface area (Å²) in [5, 5.41) is 8.42. The first-order valence-corrected chi connectivity index (χ1v) is 3.56. The number of carbonyl (C=O) groups is 1. The Morgan fingerprint density at radius 2 is 2.08 bits per heavy atom. The number of carboxylic acids is 1. The van der Waals surface area contributed by atoms with Crippen molar-refractivity contribution in [3.63, 3.8) is 0 Å². The predicted octanol–water partition coefficient (Wildman–Crippen LogP) is 0.617. The fourth-order valence-electron chi connectivity index (χ4n) is 0.974. The summed E-state index contributed by atoms with van der Waals surface area (Å²) in [7, 11) is 0. The molecule has 0 heterocycles. The summed E-state index contributed by atoms with van der Waals surface area (Å²) in [4.78, 5) is 10.3. The molecule has 0 saturated heterocycles. The SMILES string of the molecule is Nc1cc(CC(=O)O)cc(F)c1N. The Kier molecular flexibility index (Phi) is 2.36. The minimum absolute atomic E-state index is 0.0660. The Bertz CT molecular complexity index is 329. The highest BCUT2D eigenvalue weighted by atomic mass is 19.1. The Balaban J connectivity index is 3.06. The van der Waals surface area contributed by atoms with Gasteiger partial charge in [0.25, 0.3) is 0 Å². The molecule has 0 fully saturated rings. The van der Waals surface area contributed by atoms with Crippen molar-refractivity contribution in [1.82, 2.24) is 0 Å². The van der Waals surface area contributed by atoms with Crippen molar-refractivity contribution in [3.05, 3.63) is 23.5 Å². The summed E-state index contributed by atoms with van der Waals surface area (Å²) >= 11 is 0. The van der Waals surface area contributed by atoms with Crippen LogP contribution >= 0.6 is 0 Å². The van der Waals surface area contributed by atoms with Crippen molar-refractivity contribution in [2.24, 2.45) is 0 Å². The van der Waals surface area contributed by atoms with Gasteiger partial charge in [-0.3, -0.25) is 4.79 Å². The highest BCUT2D eigenvalue weighted by Gasteiger charge is 2.07. The first kappa shape index (κ1) is 9.31. The first-order chi connectivity index (χ1) is 6.00. The van der Waals surface area contributed by atoms with Crippen molar-refractivity contribution in [1.29, 1.82) is 0 Å². The number of hydrogen-bond donors (Lipinski definition) is 3. The van der Waals surface area contributed by atoms with Gasteiger partial charge in [-0.15, -0.1) is 0 Å². The van der Waals surface area contributed by atoms with Crippen LogP contribution in [0, 0.1) is 5.82 Å². The molecule has 0 spiro atoms. The monoisotopic (exact) mass is 184 g/mol. The summed E-state index contributed by atoms with van der Waals surface area (Å²) in [5.74, 6) is -1.72. The molecule has 5 N–H and O–H groups in total. The molecule has 0 bridgehead atoms. The van der Waals surface area contributed by atoms with Crippen LogP contribution in [0.4, 0.5) is 15.8 Å². The van der Waals surface area contributed by atoms with Gasteiger partial charge in [0, 0.05) is 0 Å². The van der Waals surface area contributed by atoms with Gasteiger partial charge in [0.05, 0.1) is 17.8 Å². The summed E-state index contributed by atoms with van der Waals surface area (Å²) < 4.78 is 12.9. The molecule has 1 aromatic rings. The average Bonchev–Trinajstić information content (AvgIpc) is 1.98. The molecule has 13 heavy (non-hydrogen) atoms. The van der Waals surface area contributed by atoms with E-state index in [9.17, 15) is 9.18 Å². The second-order valence-electron chi connectivity index (χ2n) is 2.65. The Morgan fingerprint density at radius 3 is 2.54 bits per heavy atom. The number of rotatable bonds is 2. The molecule has 0 radical (unpaired) electrons. The number of aliphatic carboxylic acids is 1. The second kappa shape index (κ2) is 3.30. The predicted molar refractivity (Wildman–Crippen MR) is 46.6 cm³/mol. The summed E-state index contributed by atoms with van der Waals surface area (Å²) in [5.41, 5.74) is 10.8. The normalized spacial score (nSPS) is 9.92. The van der Waals surface area contributed by atoms with Gasteiger partial charge in [0.2, 0.25) is 0 Å². The van der Waals surface area contributed by atoms with E-state index in [2.05, 4.69) is 0 Å². The molecule has 70 valence electrons. The molecule has 1 aromatic carbocycles. The average molecular weight is 184 g/mol. The largest absolute Gasteiger partial charge is 0.481 e. The zero-order chi connectivity index (χ0) is 10.0. The summed E-state index contributed by atoms with van der Waals surface area (Å²) in [6.45, 7) is 0. The Hall–Kier alpha value is -1.78. The van der Waals surface area contributed by atoms with Crippen molar-refractivity contribution >= 4 is 17.3 Å². The zero-order valence-electron chi connectivity index (χ0n) is 6.75. The van der Waals surface area contributed by atoms with Crippen LogP contribution in [0.25, 0.3) is 0 Å². The fourth-order valence-corrected chi connectivity index (χ4v) is 0.974. The summed E-state index contributed by atoms with van der Waals surface area (Å²) in [6.07, 6.45) is -0.263. The maximum Gasteiger partial charge on any atom is 0.307 e. The molecule has 4 nitrogen and oxygen atoms in total. The molecule has 0 unspecified atom stereocenters. The third kappa shape index (κ3) is 2.08. The van der Waals surface area contributed by atoms with E-state index in [4.69, 9.17) is 16.6 Å². The molecule has 0 atom stereocenters. The maximum atomic E-state index is 12.9. The van der Waals surface area contributed by atoms with Gasteiger partial charge in [-0.2, -0.15) is 0 Å². The molecule has 0 aliphatic rings. The highest BCUT2D eigenvalue weighted by Crippen LogP contribution is 2.20. The lowest BCUT2D eigenvalue weighted by molar-refractivity contribution is -0.136. The van der Waals surface area contributed by atoms with Crippen LogP contribution in [0.5, 0.6) is 0 Å². The fraction of sp³-hybridized carbons (Fsp3) is 0.125. The third-order valence-electron chi connectivity index (χ3n) is 1.58. The highest BCUT2D eigenvalue weighted by molar-refractivity contribution is 5.73. The van der Waals surface area contributed by atoms with Gasteiger partial charge in [-0.25, -0.2) is 4.39 Å². The van der Waals surface area contributed by atoms with Crippen LogP contribution in [-0.2, 0) is 11.2 Å². The number of carboxylic acid groups (broad SMARTS) is 1. The number of nitrogen functional groups attached to an aromatic ring is 2. The molecular formula is C8H9FN2O2. The molecular weight excluding hydrogens is 175 g/mol. The molecule has 5 heteroatoms. The van der Waals surface area contributed by atoms with Crippen LogP contribution in [-0.4, -0.2) is 11.1 Å². The minimum atomic E-state index is -1.04. The molecule has 0 amide bonds. The molecule has 0 aliphatic carbocycles. The van der Waals surface area contributed by atoms with Crippen molar-refractivity contribution in [2.75, 3.05) is 11.5 Å². The van der Waals surface area contributed by atoms with Crippen LogP contribution in [0.15, 0.2) is 12.1 Å². The van der Waals surface area contributed by atoms with E-state index in [0.717, 1.165) is 6.07 Å². The third-order valence-corrected chi connectivity index (χ3v) is 1.58. The quantitative estimate of drug-likeness (QED) is 0.587. The lowest BCUT2D eigenvalue weighted by Crippen LogP contribution is -2.04. The van der Waals surface area contributed by atoms with Gasteiger partial charge >= 0.3 is 5.97 Å². The van der Waals surface area contributed by atoms with Crippen LogP contribution in [0.2, 0.25) is 0 Å². The first-order valence-electron chi connectivity index (χ1n) is 3.56. The van der Waals surface area contributed by atoms with Crippen LogP contribution in [0.3, 0.4) is 0 Å². The van der Waals surface area contributed by atoms with Gasteiger partial charge in [-0.1, -0.05) is 0 Å². The lowest BCUT2D eigenvalue weighted by Gasteiger charge is -2.04. The maximum absolute atomic E-state index is 12.9. The van der Waals surface area contributed by atoms with Crippen molar-refractivity contribution in [2.45, 2.75) is 6.42 Å². The number of benzene rings is 1. The van der Waals surface area contributed by atoms with Gasteiger partial charge in [-0.05, 0) is 17.7 Å². The number of hydrogen-bond acceptors (Lipinski definition) is 3. The zero-order valence-corrected chi connectivity index (χ0v) is 6.75. The minimum Gasteiger partial charge on any atom is -0.481 e. The molecule has 0 saturated carbocycles. The van der Waals surface area contributed by atoms with Crippen LogP contribution < -0.4 is 11.5 Å². The van der Waals surface area contributed by atoms with Crippen LogP contribution in [0.1, 0.15) is 5.56 Å². The number of anilines is 2. The Morgan fingerprint density at radius 1 is 1.46 bits per heavy atom. The van der Waals surface area contributed by atoms with Crippen molar-refractivity contribution < 1.29 is 14.3 Å². The van der Waals surface area contributed by atoms with E-state index in [0.29, 0.717) is 5.56 Å².